The minimum Gasteiger partial charge on any atom is -0.495 e. The molecule has 0 aliphatic heterocycles. The van der Waals surface area contributed by atoms with Crippen molar-refractivity contribution in [3.8, 4) is 11.5 Å². The van der Waals surface area contributed by atoms with Crippen molar-refractivity contribution < 1.29 is 22.7 Å². The van der Waals surface area contributed by atoms with Gasteiger partial charge in [-0.2, -0.15) is 4.31 Å². The van der Waals surface area contributed by atoms with E-state index >= 15 is 0 Å². The van der Waals surface area contributed by atoms with Gasteiger partial charge in [-0.1, -0.05) is 44.2 Å². The molecule has 33 heavy (non-hydrogen) atoms. The van der Waals surface area contributed by atoms with Crippen molar-refractivity contribution in [2.45, 2.75) is 25.3 Å². The Morgan fingerprint density at radius 3 is 2.21 bits per heavy atom. The molecule has 0 bridgehead atoms. The van der Waals surface area contributed by atoms with Crippen LogP contribution in [0.15, 0.2) is 77.7 Å². The van der Waals surface area contributed by atoms with E-state index in [1.54, 1.807) is 38.1 Å². The Morgan fingerprint density at radius 1 is 0.939 bits per heavy atom. The molecule has 0 aliphatic rings. The summed E-state index contributed by atoms with van der Waals surface area (Å²) in [6.07, 6.45) is 0. The quantitative estimate of drug-likeness (QED) is 0.472. The number of hydrogen-bond donors (Lipinski definition) is 1. The van der Waals surface area contributed by atoms with Crippen LogP contribution in [0, 0.1) is 0 Å². The molecule has 0 saturated heterocycles. The van der Waals surface area contributed by atoms with Gasteiger partial charge in [0, 0.05) is 18.7 Å². The average molecular weight is 469 g/mol. The summed E-state index contributed by atoms with van der Waals surface area (Å²) in [6, 6.07) is 21.0. The third-order valence-electron chi connectivity index (χ3n) is 5.13. The molecule has 3 aromatic rings. The van der Waals surface area contributed by atoms with Gasteiger partial charge in [0.05, 0.1) is 17.7 Å². The number of anilines is 1. The number of carbonyl (C=O) groups is 1. The van der Waals surface area contributed by atoms with Gasteiger partial charge in [-0.05, 0) is 48.0 Å². The molecule has 0 fully saturated rings. The van der Waals surface area contributed by atoms with Crippen LogP contribution in [-0.4, -0.2) is 38.8 Å². The predicted molar refractivity (Wildman–Crippen MR) is 128 cm³/mol. The fraction of sp³-hybridized carbons (Fsp3) is 0.240. The van der Waals surface area contributed by atoms with E-state index < -0.39 is 10.0 Å². The zero-order valence-corrected chi connectivity index (χ0v) is 19.8. The average Bonchev–Trinajstić information content (AvgIpc) is 2.84. The zero-order valence-electron chi connectivity index (χ0n) is 18.9. The molecule has 3 rings (SSSR count). The Kier molecular flexibility index (Phi) is 8.08. The largest absolute Gasteiger partial charge is 0.495 e. The van der Waals surface area contributed by atoms with E-state index in [0.717, 1.165) is 5.56 Å². The molecule has 0 aromatic heterocycles. The molecule has 8 heteroatoms. The number of nitrogens with one attached hydrogen (secondary N) is 1. The highest BCUT2D eigenvalue weighted by molar-refractivity contribution is 7.89. The van der Waals surface area contributed by atoms with E-state index in [1.165, 1.54) is 29.6 Å². The second kappa shape index (κ2) is 11.0. The van der Waals surface area contributed by atoms with E-state index in [0.29, 0.717) is 36.8 Å². The molecule has 3 aromatic carbocycles. The lowest BCUT2D eigenvalue weighted by Crippen LogP contribution is -2.30. The first-order chi connectivity index (χ1) is 15.9. The van der Waals surface area contributed by atoms with Gasteiger partial charge in [0.2, 0.25) is 10.0 Å². The monoisotopic (exact) mass is 468 g/mol. The molecule has 0 unspecified atom stereocenters. The van der Waals surface area contributed by atoms with E-state index in [4.69, 9.17) is 9.47 Å². The van der Waals surface area contributed by atoms with E-state index in [1.807, 2.05) is 30.3 Å². The number of hydrogen-bond acceptors (Lipinski definition) is 5. The molecule has 7 nitrogen and oxygen atoms in total. The number of nitrogens with zero attached hydrogens (tertiary/aromatic N) is 1. The molecule has 0 saturated carbocycles. The van der Waals surface area contributed by atoms with E-state index in [9.17, 15) is 13.2 Å². The number of ether oxygens (including phenoxy) is 2. The SMILES string of the molecule is CCN(CC)S(=O)(=O)c1ccc(OC)c(NC(=O)c2ccc(OCc3ccccc3)cc2)c1. The predicted octanol–water partition coefficient (Wildman–Crippen LogP) is 4.56. The lowest BCUT2D eigenvalue weighted by atomic mass is 10.2. The number of sulfonamides is 1. The smallest absolute Gasteiger partial charge is 0.255 e. The van der Waals surface area contributed by atoms with Crippen LogP contribution < -0.4 is 14.8 Å². The minimum atomic E-state index is -3.67. The van der Waals surface area contributed by atoms with Gasteiger partial charge < -0.3 is 14.8 Å². The molecule has 174 valence electrons. The highest BCUT2D eigenvalue weighted by atomic mass is 32.2. The van der Waals surface area contributed by atoms with Crippen molar-refractivity contribution in [1.82, 2.24) is 4.31 Å². The highest BCUT2D eigenvalue weighted by Crippen LogP contribution is 2.29. The molecule has 0 spiro atoms. The zero-order chi connectivity index (χ0) is 23.8. The molecule has 0 heterocycles. The van der Waals surface area contributed by atoms with Crippen molar-refractivity contribution in [2.24, 2.45) is 0 Å². The maximum absolute atomic E-state index is 12.9. The number of methoxy groups -OCH3 is 1. The van der Waals surface area contributed by atoms with Crippen LogP contribution in [0.1, 0.15) is 29.8 Å². The molecule has 0 atom stereocenters. The van der Waals surface area contributed by atoms with Crippen molar-refractivity contribution >= 4 is 21.6 Å². The van der Waals surface area contributed by atoms with Crippen LogP contribution in [0.4, 0.5) is 5.69 Å². The van der Waals surface area contributed by atoms with Gasteiger partial charge in [-0.25, -0.2) is 8.42 Å². The Bertz CT molecular complexity index is 1180. The number of benzene rings is 3. The normalized spacial score (nSPS) is 11.3. The van der Waals surface area contributed by atoms with Crippen LogP contribution in [-0.2, 0) is 16.6 Å². The number of carbonyl (C=O) groups excluding carboxylic acids is 1. The fourth-order valence-electron chi connectivity index (χ4n) is 3.30. The topological polar surface area (TPSA) is 84.9 Å². The molecule has 0 aliphatic carbocycles. The van der Waals surface area contributed by atoms with Gasteiger partial charge >= 0.3 is 0 Å². The summed E-state index contributed by atoms with van der Waals surface area (Å²) in [5, 5.41) is 2.75. The summed E-state index contributed by atoms with van der Waals surface area (Å²) in [4.78, 5) is 12.9. The summed E-state index contributed by atoms with van der Waals surface area (Å²) >= 11 is 0. The van der Waals surface area contributed by atoms with E-state index in [-0.39, 0.29) is 16.5 Å². The summed E-state index contributed by atoms with van der Waals surface area (Å²) in [7, 11) is -2.21. The first-order valence-electron chi connectivity index (χ1n) is 10.6. The second-order valence-corrected chi connectivity index (χ2v) is 9.14. The Morgan fingerprint density at radius 2 is 1.61 bits per heavy atom. The van der Waals surface area contributed by atoms with Crippen LogP contribution in [0.3, 0.4) is 0 Å². The molecule has 1 N–H and O–H groups in total. The molecular formula is C25H28N2O5S. The lowest BCUT2D eigenvalue weighted by molar-refractivity contribution is 0.102. The first-order valence-corrected chi connectivity index (χ1v) is 12.1. The Labute approximate surface area is 195 Å². The van der Waals surface area contributed by atoms with Gasteiger partial charge in [-0.3, -0.25) is 4.79 Å². The standard InChI is InChI=1S/C25H28N2O5S/c1-4-27(5-2)33(29,30)22-15-16-24(31-3)23(17-22)26-25(28)20-11-13-21(14-12-20)32-18-19-9-7-6-8-10-19/h6-17H,4-5,18H2,1-3H3,(H,26,28). The third-order valence-corrected chi connectivity index (χ3v) is 7.17. The van der Waals surface area contributed by atoms with E-state index in [2.05, 4.69) is 5.32 Å². The van der Waals surface area contributed by atoms with Crippen LogP contribution in [0.5, 0.6) is 11.5 Å². The van der Waals surface area contributed by atoms with Gasteiger partial charge in [-0.15, -0.1) is 0 Å². The van der Waals surface area contributed by atoms with Crippen LogP contribution in [0.2, 0.25) is 0 Å². The van der Waals surface area contributed by atoms with Crippen LogP contribution >= 0.6 is 0 Å². The molecule has 1 amide bonds. The second-order valence-electron chi connectivity index (χ2n) is 7.20. The molecular weight excluding hydrogens is 440 g/mol. The van der Waals surface area contributed by atoms with Gasteiger partial charge in [0.15, 0.2) is 0 Å². The lowest BCUT2D eigenvalue weighted by Gasteiger charge is -2.19. The summed E-state index contributed by atoms with van der Waals surface area (Å²) in [5.41, 5.74) is 1.73. The Balaban J connectivity index is 1.75. The fourth-order valence-corrected chi connectivity index (χ4v) is 4.78. The van der Waals surface area contributed by atoms with Gasteiger partial charge in [0.25, 0.3) is 5.91 Å². The highest BCUT2D eigenvalue weighted by Gasteiger charge is 2.23. The maximum Gasteiger partial charge on any atom is 0.255 e. The number of rotatable bonds is 10. The Hall–Kier alpha value is -3.36. The van der Waals surface area contributed by atoms with Crippen molar-refractivity contribution in [3.05, 3.63) is 83.9 Å². The molecule has 0 radical (unpaired) electrons. The van der Waals surface area contributed by atoms with Crippen molar-refractivity contribution in [2.75, 3.05) is 25.5 Å². The van der Waals surface area contributed by atoms with Crippen LogP contribution in [0.25, 0.3) is 0 Å². The third kappa shape index (κ3) is 5.91. The number of amides is 1. The van der Waals surface area contributed by atoms with Crippen molar-refractivity contribution in [1.29, 1.82) is 0 Å². The first kappa shape index (κ1) is 24.3. The van der Waals surface area contributed by atoms with Crippen molar-refractivity contribution in [3.63, 3.8) is 0 Å². The minimum absolute atomic E-state index is 0.0898. The summed E-state index contributed by atoms with van der Waals surface area (Å²) in [6.45, 7) is 4.69. The summed E-state index contributed by atoms with van der Waals surface area (Å²) < 4.78 is 38.1. The summed E-state index contributed by atoms with van der Waals surface area (Å²) in [5.74, 6) is 0.616. The maximum atomic E-state index is 12.9. The van der Waals surface area contributed by atoms with Gasteiger partial charge in [0.1, 0.15) is 18.1 Å².